The molecule has 39 nitrogen and oxygen atoms in total. The Labute approximate surface area is 861 Å². The molecular weight excluding hydrogens is 2080 g/mol. The van der Waals surface area contributed by atoms with Crippen LogP contribution in [0.3, 0.4) is 0 Å². The van der Waals surface area contributed by atoms with Gasteiger partial charge in [-0.3, -0.25) is 5.10 Å². The lowest BCUT2D eigenvalue weighted by molar-refractivity contribution is -0.0509. The molecule has 17 heterocycles. The van der Waals surface area contributed by atoms with Crippen molar-refractivity contribution >= 4 is 162 Å². The van der Waals surface area contributed by atoms with E-state index in [2.05, 4.69) is 222 Å². The predicted octanol–water partition coefficient (Wildman–Crippen LogP) is 17.6. The van der Waals surface area contributed by atoms with Crippen molar-refractivity contribution < 1.29 is 69.8 Å². The van der Waals surface area contributed by atoms with E-state index in [0.29, 0.717) is 104 Å². The van der Waals surface area contributed by atoms with Gasteiger partial charge in [0.1, 0.15) is 120 Å². The van der Waals surface area contributed by atoms with Crippen molar-refractivity contribution in [3.8, 4) is 0 Å². The number of H-pyrrole nitrogens is 1. The first-order valence-corrected chi connectivity index (χ1v) is 58.7. The summed E-state index contributed by atoms with van der Waals surface area (Å²) in [5.41, 5.74) is 28.7. The number of hydrogen-bond donors (Lipinski definition) is 8. The van der Waals surface area contributed by atoms with Crippen molar-refractivity contribution in [1.82, 2.24) is 117 Å². The van der Waals surface area contributed by atoms with Crippen LogP contribution in [0.2, 0.25) is 49.9 Å². The summed E-state index contributed by atoms with van der Waals surface area (Å²) in [5.74, 6) is 0.981. The van der Waals surface area contributed by atoms with Crippen LogP contribution in [-0.4, -0.2) is 257 Å². The minimum Gasteiger partial charge on any atom is -0.407 e. The van der Waals surface area contributed by atoms with Crippen molar-refractivity contribution in [1.29, 1.82) is 0 Å². The summed E-state index contributed by atoms with van der Waals surface area (Å²) in [5, 5.41) is 52.2. The fourth-order valence-corrected chi connectivity index (χ4v) is 40.3. The highest BCUT2D eigenvalue weighted by Gasteiger charge is 2.59. The summed E-state index contributed by atoms with van der Waals surface area (Å²) in [6, 6.07) is 0. The minimum absolute atomic E-state index is 0.193. The molecule has 0 aromatic carbocycles. The number of hydrogen-bond acceptors (Lipinski definition) is 34. The second kappa shape index (κ2) is 49.8. The van der Waals surface area contributed by atoms with E-state index in [0.717, 1.165) is 32.0 Å². The molecule has 12 aromatic heterocycles. The monoisotopic (exact) mass is 2220 g/mol. The molecule has 0 amide bonds. The lowest BCUT2D eigenvalue weighted by atomic mass is 10.1. The molecule has 0 saturated carbocycles. The number of anilines is 4. The molecule has 784 valence electrons. The van der Waals surface area contributed by atoms with Crippen LogP contribution in [0, 0.1) is 8.34 Å². The normalized spacial score (nSPS) is 23.2. The maximum absolute atomic E-state index is 16.4. The second-order valence-corrected chi connectivity index (χ2v) is 59.0. The standard InChI is InChI=1S/C24H38FN7O2SSi.C23H36FN7O3SSi.C20H34FN5O2SSi.C14H16FN7O3S.C4H5IN2.C4H8O.C2H6/c1-9-16-20(34-36(13(2)3,14(4)5)15(6)7)19(25)24(33-16)32-22-18(21(26)28-11-29-22)23(30-32)35-17-10-27-12-31(17)8;1-12(2)36(13(3)4,14(5)6)34-19-15(9-32)33-23(18(19)24)31-21-17(20(25)27-10-28-21)22(29-31)35-16-8-26-11-30(16)7;1-8-13-16(28-30(10(2)3,11(4)5)12(6)7)15(21)20(27-13)26-18-14(19(29)25-26)17(22)23-9-24-18;1-21-5-17-2-7(21)26-13-8-11(16)18-4-19-12(8)22(20-13)14-9(15)10(24)6(3-23)25-14;1-7-3-6-2-4(7)5;1-2-4-5-3-1;1-2/h10-16,19-20,24H,9H2,1-8H3,(H2,26,28,29);8,10-15,18-19,23,32H,9H2,1-7H3,(H2,25,27,28);9-13,15-16,20H,8H2,1-7H3,(H,25,29)(H2,22,23,24);2,4-6,9-10,14,23-24H,3H2,1H3,(H2,16,18,19);2-3H,1H3;1-4H2;1-2H3/t16-,19+,20-,24-;15-,18+,19-,23-;13-,15+,16-,20-;6-,9+,10-,14-;;;/m1111.../s1. The lowest BCUT2D eigenvalue weighted by Crippen LogP contribution is -2.53. The lowest BCUT2D eigenvalue weighted by Gasteiger charge is -2.44. The zero-order chi connectivity index (χ0) is 104. The first-order valence-electron chi connectivity index (χ1n) is 48.3. The molecule has 16 atom stereocenters. The first-order chi connectivity index (χ1) is 67.4. The molecule has 0 spiro atoms. The molecule has 0 aliphatic carbocycles. The average Bonchev–Trinajstić information content (AvgIpc) is 1.62. The Balaban J connectivity index is 0.000000173. The topological polar surface area (TPSA) is 487 Å². The highest BCUT2D eigenvalue weighted by atomic mass is 127. The summed E-state index contributed by atoms with van der Waals surface area (Å²) >= 11 is 11.6. The Morgan fingerprint density at radius 1 is 0.430 bits per heavy atom. The molecule has 5 aliphatic rings. The molecule has 5 aliphatic heterocycles. The number of imidazole rings is 4. The highest BCUT2D eigenvalue weighted by molar-refractivity contribution is 14.1. The number of halogens is 5. The third kappa shape index (κ3) is 23.6. The Kier molecular flexibility index (Phi) is 40.1. The number of aliphatic hydroxyl groups excluding tert-OH is 3. The zero-order valence-electron chi connectivity index (χ0n) is 85.7. The van der Waals surface area contributed by atoms with Gasteiger partial charge in [-0.25, -0.2) is 96.1 Å². The van der Waals surface area contributed by atoms with Crippen LogP contribution in [0.4, 0.5) is 40.8 Å². The highest BCUT2D eigenvalue weighted by Crippen LogP contribution is 2.53. The van der Waals surface area contributed by atoms with Gasteiger partial charge in [-0.2, -0.15) is 15.3 Å². The van der Waals surface area contributed by atoms with E-state index < -0.39 is 118 Å². The molecule has 5 saturated heterocycles. The van der Waals surface area contributed by atoms with Gasteiger partial charge < -0.3 is 93.5 Å². The molecule has 0 radical (unpaired) electrons. The van der Waals surface area contributed by atoms with Gasteiger partial charge in [-0.1, -0.05) is 165 Å². The first kappa shape index (κ1) is 114. The van der Waals surface area contributed by atoms with E-state index in [1.54, 1.807) is 48.5 Å². The summed E-state index contributed by atoms with van der Waals surface area (Å²) in [4.78, 5) is 49.7. The maximum Gasteiger partial charge on any atom is 0.201 e. The van der Waals surface area contributed by atoms with E-state index in [1.807, 2.05) is 75.8 Å². The number of aromatic amines is 1. The maximum atomic E-state index is 16.4. The minimum atomic E-state index is -2.45. The number of ether oxygens (including phenoxy) is 5. The molecule has 12 N–H and O–H groups in total. The van der Waals surface area contributed by atoms with E-state index in [-0.39, 0.29) is 64.4 Å². The fraction of sp³-hybridized carbons (Fsp3) is 0.648. The number of aryl methyl sites for hydroxylation is 4. The van der Waals surface area contributed by atoms with Crippen molar-refractivity contribution in [3.05, 3.63) is 83.7 Å². The van der Waals surface area contributed by atoms with E-state index in [4.69, 9.17) is 77.2 Å². The molecule has 51 heteroatoms. The Bertz CT molecular complexity index is 5850. The van der Waals surface area contributed by atoms with Gasteiger partial charge in [0.15, 0.2) is 72.2 Å². The summed E-state index contributed by atoms with van der Waals surface area (Å²) in [7, 11) is 0.485. The van der Waals surface area contributed by atoms with Crippen molar-refractivity contribution in [2.24, 2.45) is 28.2 Å². The molecule has 0 bridgehead atoms. The number of nitrogen functional groups attached to an aromatic ring is 4. The largest absolute Gasteiger partial charge is 0.407 e. The summed E-state index contributed by atoms with van der Waals surface area (Å²) in [6.07, 6.45) is 6.16. The van der Waals surface area contributed by atoms with E-state index in [1.165, 1.54) is 92.2 Å². The van der Waals surface area contributed by atoms with Gasteiger partial charge in [-0.05, 0) is 133 Å². The number of nitrogens with zero attached hydrogens (tertiary/aromatic N) is 23. The van der Waals surface area contributed by atoms with Crippen LogP contribution in [0.25, 0.3) is 44.1 Å². The van der Waals surface area contributed by atoms with Crippen molar-refractivity contribution in [2.75, 3.05) is 49.4 Å². The van der Waals surface area contributed by atoms with Crippen LogP contribution >= 0.6 is 70.1 Å². The SMILES string of the molecule is C1CCOC1.CC.CC(C)[Si](O[C@H]1[C@H](F)[C@H](n2nc(Sc3cncn3C)c3c(N)ncnc32)O[C@@H]1CO)(C(C)C)C(C)C.CC[C@H]1O[C@@H](n2[nH]c(=S)c3c(N)ncnc32)[C@@H](F)[C@@H]1O[Si](C(C)C)(C(C)C)C(C)C.CC[C@H]1O[C@@H](n2nc(Sc3cncn3C)c3c(N)ncnc32)[C@@H](F)[C@@H]1O[Si](C(C)C)(C(C)C)C(C)C.Cn1cncc1I.Cn1cncc1Sc1nn([C@@H]2O[C@H](CO)[C@@H](O)[C@@H]2F)c2ncnc(N)c12. The number of aromatic nitrogens is 24. The van der Waals surface area contributed by atoms with Gasteiger partial charge in [0.05, 0.1) is 101 Å². The number of fused-ring (bicyclic) bond motifs is 4. The molecule has 142 heavy (non-hydrogen) atoms. The van der Waals surface area contributed by atoms with Crippen LogP contribution in [0.1, 0.15) is 203 Å². The van der Waals surface area contributed by atoms with Gasteiger partial charge in [0, 0.05) is 41.4 Å². The van der Waals surface area contributed by atoms with Crippen LogP contribution in [0.15, 0.2) is 106 Å². The van der Waals surface area contributed by atoms with Crippen molar-refractivity contribution in [3.63, 3.8) is 0 Å². The van der Waals surface area contributed by atoms with Gasteiger partial charge >= 0.3 is 0 Å². The van der Waals surface area contributed by atoms with Gasteiger partial charge in [-0.15, -0.1) is 0 Å². The quantitative estimate of drug-likeness (QED) is 0.00934. The predicted molar refractivity (Wildman–Crippen MR) is 559 cm³/mol. The molecular formula is C91H143F4IN28O11S4Si3. The summed E-state index contributed by atoms with van der Waals surface area (Å²) in [6.45, 7) is 48.4. The molecule has 17 rings (SSSR count). The number of nitrogens with two attached hydrogens (primary N) is 4. The number of rotatable bonds is 29. The smallest absolute Gasteiger partial charge is 0.201 e. The number of alkyl halides is 4. The molecule has 12 aromatic rings. The summed E-state index contributed by atoms with van der Waals surface area (Å²) < 4.78 is 127. The number of aliphatic hydroxyl groups is 3. The fourth-order valence-electron chi connectivity index (χ4n) is 20.2. The third-order valence-corrected chi connectivity index (χ3v) is 49.7. The van der Waals surface area contributed by atoms with Gasteiger partial charge in [0.25, 0.3) is 0 Å². The Morgan fingerprint density at radius 2 is 0.718 bits per heavy atom. The van der Waals surface area contributed by atoms with E-state index in [9.17, 15) is 19.7 Å². The third-order valence-electron chi connectivity index (χ3n) is 26.9. The Morgan fingerprint density at radius 3 is 0.993 bits per heavy atom. The average molecular weight is 2220 g/mol. The van der Waals surface area contributed by atoms with E-state index >= 15 is 13.2 Å². The second-order valence-electron chi connectivity index (χ2n) is 38.3. The Hall–Kier alpha value is -7.83. The molecule has 0 unspecified atom stereocenters. The van der Waals surface area contributed by atoms with Gasteiger partial charge in [0.2, 0.25) is 25.0 Å². The van der Waals surface area contributed by atoms with Crippen molar-refractivity contribution in [2.45, 2.75) is 356 Å². The van der Waals surface area contributed by atoms with Crippen LogP contribution in [0.5, 0.6) is 0 Å². The van der Waals surface area contributed by atoms with Crippen LogP contribution in [-0.2, 0) is 65.2 Å². The van der Waals surface area contributed by atoms with Crippen LogP contribution < -0.4 is 22.9 Å². The zero-order valence-corrected chi connectivity index (χ0v) is 94.2. The molecule has 5 fully saturated rings. The number of nitrogens with one attached hydrogen (secondary N) is 1.